The Kier molecular flexibility index (Phi) is 27.1. The number of hydrogen-bond donors (Lipinski definition) is 0. The quantitative estimate of drug-likeness (QED) is 0.0624. The average Bonchev–Trinajstić information content (AvgIpc) is 2.84. The Morgan fingerprint density at radius 2 is 0.765 bits per heavy atom. The van der Waals surface area contributed by atoms with Crippen LogP contribution in [0, 0.1) is 0 Å². The van der Waals surface area contributed by atoms with Crippen LogP contribution >= 0.6 is 0 Å². The van der Waals surface area contributed by atoms with Gasteiger partial charge in [0.2, 0.25) is 0 Å². The summed E-state index contributed by atoms with van der Waals surface area (Å²) in [6.45, 7) is 17.1. The minimum atomic E-state index is -2.73. The fourth-order valence-corrected chi connectivity index (χ4v) is 5.90. The molecular formula is C27H56O6Si. The monoisotopic (exact) mass is 504 g/mol. The van der Waals surface area contributed by atoms with E-state index in [9.17, 15) is 0 Å². The van der Waals surface area contributed by atoms with E-state index in [1.807, 2.05) is 26.8 Å². The zero-order chi connectivity index (χ0) is 25.0. The van der Waals surface area contributed by atoms with Crippen LogP contribution in [0.4, 0.5) is 0 Å². The van der Waals surface area contributed by atoms with Gasteiger partial charge in [-0.05, 0) is 59.3 Å². The molecule has 0 aromatic heterocycles. The van der Waals surface area contributed by atoms with Crippen molar-refractivity contribution < 1.29 is 27.5 Å². The van der Waals surface area contributed by atoms with Crippen LogP contribution in [0.15, 0.2) is 12.7 Å². The topological polar surface area (TPSA) is 55.4 Å². The van der Waals surface area contributed by atoms with Crippen molar-refractivity contribution in [3.05, 3.63) is 12.7 Å². The van der Waals surface area contributed by atoms with Crippen molar-refractivity contribution in [3.63, 3.8) is 0 Å². The first kappa shape index (κ1) is 33.7. The van der Waals surface area contributed by atoms with Crippen LogP contribution in [0.5, 0.6) is 0 Å². The molecule has 0 N–H and O–H groups in total. The summed E-state index contributed by atoms with van der Waals surface area (Å²) in [4.78, 5) is 0. The van der Waals surface area contributed by atoms with Gasteiger partial charge in [-0.2, -0.15) is 0 Å². The second-order valence-corrected chi connectivity index (χ2v) is 11.2. The van der Waals surface area contributed by atoms with E-state index < -0.39 is 8.80 Å². The molecule has 0 unspecified atom stereocenters. The Balaban J connectivity index is 4.39. The third-order valence-corrected chi connectivity index (χ3v) is 8.24. The third kappa shape index (κ3) is 22.2. The van der Waals surface area contributed by atoms with Crippen LogP contribution in [-0.4, -0.2) is 68.3 Å². The largest absolute Gasteiger partial charge is 0.504 e. The summed E-state index contributed by atoms with van der Waals surface area (Å²) in [5.74, 6) is 0. The van der Waals surface area contributed by atoms with E-state index in [2.05, 4.69) is 6.58 Å². The lowest BCUT2D eigenvalue weighted by atomic mass is 10.2. The van der Waals surface area contributed by atoms with E-state index in [1.54, 1.807) is 0 Å². The van der Waals surface area contributed by atoms with Gasteiger partial charge in [-0.3, -0.25) is 0 Å². The molecular weight excluding hydrogens is 448 g/mol. The minimum Gasteiger partial charge on any atom is -0.382 e. The SMILES string of the molecule is C=CC[Si](OCCCCCCOCC)(OCCCCCCOCC)OCCCCCCOCC. The smallest absolute Gasteiger partial charge is 0.382 e. The Morgan fingerprint density at radius 1 is 0.471 bits per heavy atom. The van der Waals surface area contributed by atoms with Crippen LogP contribution in [0.3, 0.4) is 0 Å². The van der Waals surface area contributed by atoms with E-state index in [-0.39, 0.29) is 0 Å². The molecule has 0 amide bonds. The number of unbranched alkanes of at least 4 members (excludes halogenated alkanes) is 9. The Hall–Kier alpha value is -0.283. The number of ether oxygens (including phenoxy) is 3. The highest BCUT2D eigenvalue weighted by atomic mass is 28.4. The minimum absolute atomic E-state index is 0.673. The molecule has 0 aromatic rings. The zero-order valence-corrected chi connectivity index (χ0v) is 23.8. The standard InChI is InChI=1S/C27H56O6Si/c1-5-27-34(31-24-18-12-9-15-21-28-6-2,32-25-19-13-10-16-22-29-7-3)33-26-20-14-11-17-23-30-8-4/h5H,1,6-27H2,2-4H3. The first-order valence-corrected chi connectivity index (χ1v) is 15.9. The summed E-state index contributed by atoms with van der Waals surface area (Å²) < 4.78 is 35.4. The first-order valence-electron chi connectivity index (χ1n) is 14.0. The molecule has 0 aromatic carbocycles. The molecule has 6 nitrogen and oxygen atoms in total. The summed E-state index contributed by atoms with van der Waals surface area (Å²) in [6, 6.07) is 0.673. The third-order valence-electron chi connectivity index (χ3n) is 5.52. The van der Waals surface area contributed by atoms with Crippen LogP contribution in [-0.2, 0) is 27.5 Å². The lowest BCUT2D eigenvalue weighted by Gasteiger charge is -2.29. The number of rotatable bonds is 29. The second-order valence-electron chi connectivity index (χ2n) is 8.55. The van der Waals surface area contributed by atoms with Crippen molar-refractivity contribution in [1.29, 1.82) is 0 Å². The van der Waals surface area contributed by atoms with Crippen molar-refractivity contribution >= 4 is 8.80 Å². The number of allylic oxidation sites excluding steroid dienone is 1. The first-order chi connectivity index (χ1) is 16.7. The van der Waals surface area contributed by atoms with Gasteiger partial charge in [-0.1, -0.05) is 44.6 Å². The van der Waals surface area contributed by atoms with Gasteiger partial charge in [0.1, 0.15) is 0 Å². The van der Waals surface area contributed by atoms with E-state index in [0.29, 0.717) is 25.9 Å². The zero-order valence-electron chi connectivity index (χ0n) is 22.8. The average molecular weight is 505 g/mol. The maximum atomic E-state index is 6.37. The van der Waals surface area contributed by atoms with Gasteiger partial charge in [0.05, 0.1) is 0 Å². The van der Waals surface area contributed by atoms with E-state index in [4.69, 9.17) is 27.5 Å². The van der Waals surface area contributed by atoms with E-state index in [0.717, 1.165) is 97.4 Å². The maximum absolute atomic E-state index is 6.37. The summed E-state index contributed by atoms with van der Waals surface area (Å²) in [5.41, 5.74) is 0. The molecule has 7 heteroatoms. The molecule has 0 rings (SSSR count). The summed E-state index contributed by atoms with van der Waals surface area (Å²) in [7, 11) is -2.73. The van der Waals surface area contributed by atoms with Gasteiger partial charge in [0, 0.05) is 65.5 Å². The van der Waals surface area contributed by atoms with Crippen molar-refractivity contribution in [3.8, 4) is 0 Å². The molecule has 0 radical (unpaired) electrons. The van der Waals surface area contributed by atoms with Crippen molar-refractivity contribution in [1.82, 2.24) is 0 Å². The van der Waals surface area contributed by atoms with Gasteiger partial charge < -0.3 is 27.5 Å². The summed E-state index contributed by atoms with van der Waals surface area (Å²) >= 11 is 0. The van der Waals surface area contributed by atoms with Crippen molar-refractivity contribution in [2.24, 2.45) is 0 Å². The van der Waals surface area contributed by atoms with Gasteiger partial charge in [-0.25, -0.2) is 0 Å². The van der Waals surface area contributed by atoms with Gasteiger partial charge in [0.15, 0.2) is 0 Å². The predicted molar refractivity (Wildman–Crippen MR) is 143 cm³/mol. The van der Waals surface area contributed by atoms with E-state index in [1.165, 1.54) is 19.3 Å². The summed E-state index contributed by atoms with van der Waals surface area (Å²) in [5, 5.41) is 0. The number of hydrogen-bond acceptors (Lipinski definition) is 6. The molecule has 0 aliphatic rings. The molecule has 0 saturated carbocycles. The Morgan fingerprint density at radius 3 is 1.03 bits per heavy atom. The van der Waals surface area contributed by atoms with Crippen LogP contribution in [0.1, 0.15) is 97.8 Å². The molecule has 0 aliphatic heterocycles. The normalized spacial score (nSPS) is 11.9. The summed E-state index contributed by atoms with van der Waals surface area (Å²) in [6.07, 6.45) is 15.3. The highest BCUT2D eigenvalue weighted by molar-refractivity contribution is 6.61. The van der Waals surface area contributed by atoms with Crippen LogP contribution in [0.25, 0.3) is 0 Å². The molecule has 34 heavy (non-hydrogen) atoms. The molecule has 0 atom stereocenters. The Labute approximate surface area is 212 Å². The molecule has 0 saturated heterocycles. The lowest BCUT2D eigenvalue weighted by Crippen LogP contribution is -2.46. The van der Waals surface area contributed by atoms with Gasteiger partial charge >= 0.3 is 8.80 Å². The molecule has 0 aliphatic carbocycles. The predicted octanol–water partition coefficient (Wildman–Crippen LogP) is 6.95. The molecule has 0 spiro atoms. The van der Waals surface area contributed by atoms with Gasteiger partial charge in [-0.15, -0.1) is 6.58 Å². The lowest BCUT2D eigenvalue weighted by molar-refractivity contribution is 0.0572. The maximum Gasteiger partial charge on any atom is 0.504 e. The molecule has 0 fully saturated rings. The van der Waals surface area contributed by atoms with E-state index >= 15 is 0 Å². The van der Waals surface area contributed by atoms with Gasteiger partial charge in [0.25, 0.3) is 0 Å². The second kappa shape index (κ2) is 27.3. The molecule has 0 bridgehead atoms. The highest BCUT2D eigenvalue weighted by Crippen LogP contribution is 2.20. The van der Waals surface area contributed by atoms with Crippen LogP contribution in [0.2, 0.25) is 6.04 Å². The Bertz CT molecular complexity index is 360. The molecule has 0 heterocycles. The fourth-order valence-electron chi connectivity index (χ4n) is 3.57. The van der Waals surface area contributed by atoms with Crippen molar-refractivity contribution in [2.75, 3.05) is 59.5 Å². The highest BCUT2D eigenvalue weighted by Gasteiger charge is 2.39. The fraction of sp³-hybridized carbons (Fsp3) is 0.926. The molecule has 204 valence electrons. The van der Waals surface area contributed by atoms with Crippen molar-refractivity contribution in [2.45, 2.75) is 104 Å². The van der Waals surface area contributed by atoms with Crippen LogP contribution < -0.4 is 0 Å².